The van der Waals surface area contributed by atoms with E-state index in [0.29, 0.717) is 25.5 Å². The van der Waals surface area contributed by atoms with Crippen LogP contribution in [-0.2, 0) is 16.1 Å². The van der Waals surface area contributed by atoms with Gasteiger partial charge in [0, 0.05) is 31.1 Å². The smallest absolute Gasteiger partial charge is 0.409 e. The fourth-order valence-corrected chi connectivity index (χ4v) is 4.12. The minimum Gasteiger partial charge on any atom is -0.453 e. The van der Waals surface area contributed by atoms with Gasteiger partial charge in [-0.3, -0.25) is 0 Å². The third-order valence-electron chi connectivity index (χ3n) is 4.49. The normalized spacial score (nSPS) is 14.2. The van der Waals surface area contributed by atoms with E-state index in [4.69, 9.17) is 9.47 Å². The van der Waals surface area contributed by atoms with Crippen molar-refractivity contribution in [1.29, 1.82) is 0 Å². The molecule has 1 fully saturated rings. The standard InChI is InChI=1S/C19H20N4O3S/c1-25-10-15-21-17(20-13-8-23(9-13)19(24)26-2)16-14(11-27-18(16)22-15)12-6-4-3-5-7-12/h3-7,11,13H,8-10H2,1-2H3,(H,20,21,22). The molecule has 2 aromatic heterocycles. The number of likely N-dealkylation sites (tertiary alicyclic amines) is 1. The highest BCUT2D eigenvalue weighted by molar-refractivity contribution is 7.17. The number of carbonyl (C=O) groups excluding carboxylic acids is 1. The Hall–Kier alpha value is -2.71. The molecule has 1 aliphatic rings. The zero-order valence-electron chi connectivity index (χ0n) is 15.1. The van der Waals surface area contributed by atoms with Crippen molar-refractivity contribution in [2.24, 2.45) is 0 Å². The van der Waals surface area contributed by atoms with E-state index in [9.17, 15) is 4.79 Å². The molecule has 7 nitrogen and oxygen atoms in total. The summed E-state index contributed by atoms with van der Waals surface area (Å²) in [6.07, 6.45) is -0.304. The molecule has 1 aromatic carbocycles. The number of rotatable bonds is 5. The Bertz CT molecular complexity index is 954. The zero-order chi connectivity index (χ0) is 18.8. The van der Waals surface area contributed by atoms with Crippen molar-refractivity contribution in [3.8, 4) is 11.1 Å². The molecule has 8 heteroatoms. The molecule has 0 radical (unpaired) electrons. The summed E-state index contributed by atoms with van der Waals surface area (Å²) in [5, 5.41) is 6.59. The van der Waals surface area contributed by atoms with Crippen LogP contribution in [0.3, 0.4) is 0 Å². The Morgan fingerprint density at radius 3 is 2.74 bits per heavy atom. The van der Waals surface area contributed by atoms with E-state index in [2.05, 4.69) is 32.8 Å². The molecule has 1 saturated heterocycles. The van der Waals surface area contributed by atoms with Gasteiger partial charge >= 0.3 is 6.09 Å². The van der Waals surface area contributed by atoms with Crippen LogP contribution in [0, 0.1) is 0 Å². The molecule has 1 amide bonds. The number of nitrogens with one attached hydrogen (secondary N) is 1. The Morgan fingerprint density at radius 2 is 2.04 bits per heavy atom. The van der Waals surface area contributed by atoms with Crippen molar-refractivity contribution in [2.45, 2.75) is 12.6 Å². The largest absolute Gasteiger partial charge is 0.453 e. The van der Waals surface area contributed by atoms with Crippen molar-refractivity contribution in [2.75, 3.05) is 32.6 Å². The van der Waals surface area contributed by atoms with Gasteiger partial charge in [-0.15, -0.1) is 11.3 Å². The Balaban J connectivity index is 1.69. The van der Waals surface area contributed by atoms with Gasteiger partial charge in [0.25, 0.3) is 0 Å². The summed E-state index contributed by atoms with van der Waals surface area (Å²) in [5.74, 6) is 1.42. The minimum atomic E-state index is -0.304. The number of amides is 1. The highest BCUT2D eigenvalue weighted by atomic mass is 32.1. The molecule has 140 valence electrons. The molecule has 1 aliphatic heterocycles. The van der Waals surface area contributed by atoms with Crippen LogP contribution in [0.15, 0.2) is 35.7 Å². The lowest BCUT2D eigenvalue weighted by molar-refractivity contribution is 0.0929. The first kappa shape index (κ1) is 17.7. The first-order chi connectivity index (χ1) is 13.2. The van der Waals surface area contributed by atoms with E-state index < -0.39 is 0 Å². The molecule has 0 spiro atoms. The molecule has 0 bridgehead atoms. The van der Waals surface area contributed by atoms with Crippen LogP contribution in [0.2, 0.25) is 0 Å². The molecule has 3 aromatic rings. The van der Waals surface area contributed by atoms with Gasteiger partial charge in [0.05, 0.1) is 18.5 Å². The maximum Gasteiger partial charge on any atom is 0.409 e. The lowest BCUT2D eigenvalue weighted by Gasteiger charge is -2.38. The Labute approximate surface area is 160 Å². The summed E-state index contributed by atoms with van der Waals surface area (Å²) in [7, 11) is 3.02. The SMILES string of the molecule is COCc1nc(NC2CN(C(=O)OC)C2)c2c(-c3ccccc3)csc2n1. The average Bonchev–Trinajstić information content (AvgIpc) is 3.09. The number of hydrogen-bond acceptors (Lipinski definition) is 7. The van der Waals surface area contributed by atoms with E-state index in [1.165, 1.54) is 7.11 Å². The van der Waals surface area contributed by atoms with Crippen LogP contribution in [0.4, 0.5) is 10.6 Å². The molecule has 1 N–H and O–H groups in total. The van der Waals surface area contributed by atoms with E-state index in [-0.39, 0.29) is 12.1 Å². The number of hydrogen-bond donors (Lipinski definition) is 1. The van der Waals surface area contributed by atoms with Gasteiger partial charge in [0.15, 0.2) is 5.82 Å². The topological polar surface area (TPSA) is 76.6 Å². The summed E-state index contributed by atoms with van der Waals surface area (Å²) >= 11 is 1.59. The van der Waals surface area contributed by atoms with Crippen LogP contribution < -0.4 is 5.32 Å². The van der Waals surface area contributed by atoms with Gasteiger partial charge in [-0.1, -0.05) is 30.3 Å². The van der Waals surface area contributed by atoms with Gasteiger partial charge in [-0.05, 0) is 5.56 Å². The third-order valence-corrected chi connectivity index (χ3v) is 5.37. The lowest BCUT2D eigenvalue weighted by Crippen LogP contribution is -2.57. The van der Waals surface area contributed by atoms with Gasteiger partial charge in [-0.2, -0.15) is 0 Å². The first-order valence-electron chi connectivity index (χ1n) is 8.61. The lowest BCUT2D eigenvalue weighted by atomic mass is 10.1. The molecule has 0 atom stereocenters. The molecular weight excluding hydrogens is 364 g/mol. The summed E-state index contributed by atoms with van der Waals surface area (Å²) < 4.78 is 9.97. The number of anilines is 1. The predicted octanol–water partition coefficient (Wildman–Crippen LogP) is 3.37. The maximum absolute atomic E-state index is 11.6. The number of ether oxygens (including phenoxy) is 2. The second-order valence-electron chi connectivity index (χ2n) is 6.33. The van der Waals surface area contributed by atoms with Gasteiger partial charge in [0.2, 0.25) is 0 Å². The highest BCUT2D eigenvalue weighted by Gasteiger charge is 2.32. The first-order valence-corrected chi connectivity index (χ1v) is 9.49. The van der Waals surface area contributed by atoms with E-state index >= 15 is 0 Å². The van der Waals surface area contributed by atoms with Gasteiger partial charge in [0.1, 0.15) is 17.3 Å². The number of nitrogens with zero attached hydrogens (tertiary/aromatic N) is 3. The molecular formula is C19H20N4O3S. The summed E-state index contributed by atoms with van der Waals surface area (Å²) in [6, 6.07) is 10.3. The van der Waals surface area contributed by atoms with Crippen LogP contribution in [-0.4, -0.2) is 54.3 Å². The van der Waals surface area contributed by atoms with Crippen LogP contribution in [0.5, 0.6) is 0 Å². The summed E-state index contributed by atoms with van der Waals surface area (Å²) in [6.45, 7) is 1.52. The Morgan fingerprint density at radius 1 is 1.26 bits per heavy atom. The minimum absolute atomic E-state index is 0.126. The van der Waals surface area contributed by atoms with Gasteiger partial charge in [-0.25, -0.2) is 14.8 Å². The Kier molecular flexibility index (Phi) is 4.91. The zero-order valence-corrected chi connectivity index (χ0v) is 16.0. The van der Waals surface area contributed by atoms with Crippen LogP contribution in [0.25, 0.3) is 21.3 Å². The highest BCUT2D eigenvalue weighted by Crippen LogP contribution is 2.37. The van der Waals surface area contributed by atoms with Crippen molar-refractivity contribution in [3.63, 3.8) is 0 Å². The number of carbonyl (C=O) groups is 1. The van der Waals surface area contributed by atoms with Crippen molar-refractivity contribution < 1.29 is 14.3 Å². The third kappa shape index (κ3) is 3.45. The number of benzene rings is 1. The maximum atomic E-state index is 11.6. The van der Waals surface area contributed by atoms with Crippen LogP contribution in [0.1, 0.15) is 5.82 Å². The van der Waals surface area contributed by atoms with Crippen molar-refractivity contribution in [3.05, 3.63) is 41.5 Å². The second-order valence-corrected chi connectivity index (χ2v) is 7.19. The molecule has 27 heavy (non-hydrogen) atoms. The predicted molar refractivity (Wildman–Crippen MR) is 105 cm³/mol. The average molecular weight is 384 g/mol. The molecule has 0 unspecified atom stereocenters. The molecule has 0 aliphatic carbocycles. The second kappa shape index (κ2) is 7.50. The van der Waals surface area contributed by atoms with E-state index in [1.54, 1.807) is 23.3 Å². The number of methoxy groups -OCH3 is 2. The quantitative estimate of drug-likeness (QED) is 0.727. The fraction of sp³-hybridized carbons (Fsp3) is 0.316. The van der Waals surface area contributed by atoms with Gasteiger partial charge < -0.3 is 19.7 Å². The van der Waals surface area contributed by atoms with E-state index in [1.807, 2.05) is 18.2 Å². The number of aromatic nitrogens is 2. The monoisotopic (exact) mass is 384 g/mol. The van der Waals surface area contributed by atoms with E-state index in [0.717, 1.165) is 27.2 Å². The molecule has 0 saturated carbocycles. The fourth-order valence-electron chi connectivity index (χ4n) is 3.16. The van der Waals surface area contributed by atoms with Crippen LogP contribution >= 0.6 is 11.3 Å². The number of fused-ring (bicyclic) bond motifs is 1. The number of thiophene rings is 1. The molecule has 3 heterocycles. The molecule has 4 rings (SSSR count). The summed E-state index contributed by atoms with van der Waals surface area (Å²) in [4.78, 5) is 23.5. The van der Waals surface area contributed by atoms with Crippen molar-refractivity contribution in [1.82, 2.24) is 14.9 Å². The summed E-state index contributed by atoms with van der Waals surface area (Å²) in [5.41, 5.74) is 2.23. The van der Waals surface area contributed by atoms with Crippen molar-refractivity contribution >= 4 is 33.5 Å².